The molecule has 1 aliphatic heterocycles. The summed E-state index contributed by atoms with van der Waals surface area (Å²) in [4.78, 5) is 26.0. The van der Waals surface area contributed by atoms with Gasteiger partial charge in [-0.05, 0) is 48.5 Å². The molecule has 4 aromatic rings. The van der Waals surface area contributed by atoms with E-state index in [9.17, 15) is 4.79 Å². The quantitative estimate of drug-likeness (QED) is 0.224. The Morgan fingerprint density at radius 3 is 2.91 bits per heavy atom. The van der Waals surface area contributed by atoms with Crippen LogP contribution >= 0.6 is 11.8 Å². The van der Waals surface area contributed by atoms with Gasteiger partial charge >= 0.3 is 58.2 Å². The topological polar surface area (TPSA) is 75.6 Å². The first-order chi connectivity index (χ1) is 16.2. The first kappa shape index (κ1) is 28.7. The molecule has 0 spiro atoms. The van der Waals surface area contributed by atoms with E-state index in [1.165, 1.54) is 11.1 Å². The second-order valence-electron chi connectivity index (χ2n) is 8.11. The number of aromatic amines is 1. The van der Waals surface area contributed by atoms with Crippen LogP contribution in [0.2, 0.25) is 0 Å². The zero-order chi connectivity index (χ0) is 22.8. The minimum atomic E-state index is -0.0333. The van der Waals surface area contributed by atoms with Crippen molar-refractivity contribution in [2.75, 3.05) is 12.8 Å². The van der Waals surface area contributed by atoms with Gasteiger partial charge in [-0.2, -0.15) is 11.8 Å². The van der Waals surface area contributed by atoms with Gasteiger partial charge in [-0.3, -0.25) is 9.78 Å². The summed E-state index contributed by atoms with van der Waals surface area (Å²) in [6.07, 6.45) is 9.30. The van der Waals surface area contributed by atoms with E-state index in [0.717, 1.165) is 53.8 Å². The van der Waals surface area contributed by atoms with Crippen LogP contribution in [0, 0.1) is 5.75 Å². The SMILES string of the molecule is C=CCCn1cc(-c2cc([CH-]SC)nc(-c3cccc4c3CNCC4)n2)c2cc[nH]c2c1=O.[Rb+].[Re]. The Hall–Kier alpha value is -0.822. The summed E-state index contributed by atoms with van der Waals surface area (Å²) in [6, 6.07) is 10.3. The number of rotatable bonds is 7. The van der Waals surface area contributed by atoms with E-state index in [4.69, 9.17) is 9.97 Å². The fourth-order valence-electron chi connectivity index (χ4n) is 4.43. The van der Waals surface area contributed by atoms with Crippen molar-refractivity contribution in [2.45, 2.75) is 25.9 Å². The van der Waals surface area contributed by atoms with Gasteiger partial charge in [-0.15, -0.1) is 6.58 Å². The zero-order valence-corrected chi connectivity index (χ0v) is 28.4. The molecule has 4 heterocycles. The Labute approximate surface area is 272 Å². The van der Waals surface area contributed by atoms with Crippen molar-refractivity contribution >= 4 is 22.7 Å². The van der Waals surface area contributed by atoms with Gasteiger partial charge in [0.2, 0.25) is 0 Å². The van der Waals surface area contributed by atoms with Crippen molar-refractivity contribution in [3.8, 4) is 22.6 Å². The predicted molar refractivity (Wildman–Crippen MR) is 136 cm³/mol. The average molecular weight is 728 g/mol. The van der Waals surface area contributed by atoms with E-state index in [-0.39, 0.29) is 84.2 Å². The molecule has 5 rings (SSSR count). The predicted octanol–water partition coefficient (Wildman–Crippen LogP) is 1.55. The number of pyridine rings is 1. The second kappa shape index (κ2) is 13.1. The summed E-state index contributed by atoms with van der Waals surface area (Å²) in [6.45, 7) is 6.17. The van der Waals surface area contributed by atoms with Crippen LogP contribution in [0.3, 0.4) is 0 Å². The Balaban J connectivity index is 0.00000171. The molecule has 0 unspecified atom stereocenters. The van der Waals surface area contributed by atoms with Crippen LogP contribution in [-0.2, 0) is 39.9 Å². The number of fused-ring (bicyclic) bond motifs is 2. The van der Waals surface area contributed by atoms with Gasteiger partial charge in [-0.1, -0.05) is 30.0 Å². The number of H-pyrrole nitrogens is 1. The van der Waals surface area contributed by atoms with Crippen LogP contribution in [0.25, 0.3) is 33.5 Å². The van der Waals surface area contributed by atoms with Crippen molar-refractivity contribution in [2.24, 2.45) is 0 Å². The molecule has 1 aliphatic rings. The maximum Gasteiger partial charge on any atom is 1.00 e. The van der Waals surface area contributed by atoms with Crippen molar-refractivity contribution in [1.29, 1.82) is 0 Å². The molecule has 6 nitrogen and oxygen atoms in total. The molecule has 0 amide bonds. The molecule has 0 saturated carbocycles. The standard InChI is InChI=1S/C26H26N5OS.Rb.Re/c1-3-4-12-31-15-22(19-9-11-28-24(19)26(31)32)23-13-18(16-33-2)29-25(30-23)20-7-5-6-17-8-10-27-14-21(17)20;;/h3,5-7,9,11,13,15-16,27-28H,1,4,8,10,12,14H2,2H3;;/q-1;+1;. The number of aryl methyl sites for hydroxylation is 1. The maximum atomic E-state index is 12.9. The monoisotopic (exact) mass is 728 g/mol. The van der Waals surface area contributed by atoms with Crippen LogP contribution in [0.15, 0.2) is 60.2 Å². The number of benzene rings is 1. The second-order valence-corrected chi connectivity index (χ2v) is 8.82. The molecule has 3 aromatic heterocycles. The third-order valence-corrected chi connectivity index (χ3v) is 6.50. The molecule has 1 radical (unpaired) electrons. The number of aromatic nitrogens is 4. The van der Waals surface area contributed by atoms with Crippen molar-refractivity contribution < 1.29 is 78.6 Å². The Bertz CT molecular complexity index is 1400. The minimum absolute atomic E-state index is 0. The van der Waals surface area contributed by atoms with E-state index in [1.807, 2.05) is 42.6 Å². The van der Waals surface area contributed by atoms with Gasteiger partial charge in [0, 0.05) is 62.4 Å². The molecule has 9 heteroatoms. The number of hydrogen-bond acceptors (Lipinski definition) is 5. The molecule has 2 N–H and O–H groups in total. The summed E-state index contributed by atoms with van der Waals surface area (Å²) < 4.78 is 1.74. The van der Waals surface area contributed by atoms with Crippen LogP contribution in [0.5, 0.6) is 0 Å². The van der Waals surface area contributed by atoms with Gasteiger partial charge in [0.15, 0.2) is 5.82 Å². The zero-order valence-electron chi connectivity index (χ0n) is 20.0. The molecule has 0 fully saturated rings. The van der Waals surface area contributed by atoms with E-state index in [2.05, 4.69) is 35.1 Å². The first-order valence-electron chi connectivity index (χ1n) is 11.1. The largest absolute Gasteiger partial charge is 1.00 e. The number of nitrogens with zero attached hydrogens (tertiary/aromatic N) is 3. The van der Waals surface area contributed by atoms with Gasteiger partial charge in [0.1, 0.15) is 5.52 Å². The average Bonchev–Trinajstić information content (AvgIpc) is 3.34. The van der Waals surface area contributed by atoms with Crippen molar-refractivity contribution in [3.63, 3.8) is 0 Å². The molecule has 0 aliphatic carbocycles. The molecular formula is C26H26N5ORbReS. The van der Waals surface area contributed by atoms with E-state index >= 15 is 0 Å². The van der Waals surface area contributed by atoms with Crippen molar-refractivity contribution in [1.82, 2.24) is 24.8 Å². The molecule has 0 saturated heterocycles. The number of allylic oxidation sites excluding steroid dienone is 1. The summed E-state index contributed by atoms with van der Waals surface area (Å²) in [7, 11) is 0. The molecule has 0 bridgehead atoms. The van der Waals surface area contributed by atoms with E-state index in [1.54, 1.807) is 16.3 Å². The Morgan fingerprint density at radius 1 is 1.26 bits per heavy atom. The molecule has 0 atom stereocenters. The van der Waals surface area contributed by atoms with E-state index in [0.29, 0.717) is 17.9 Å². The first-order valence-corrected chi connectivity index (χ1v) is 12.4. The third kappa shape index (κ3) is 6.02. The molecule has 1 aromatic carbocycles. The third-order valence-electron chi connectivity index (χ3n) is 6.02. The Kier molecular flexibility index (Phi) is 10.8. The summed E-state index contributed by atoms with van der Waals surface area (Å²) in [5, 5.41) is 4.34. The van der Waals surface area contributed by atoms with Gasteiger partial charge < -0.3 is 14.9 Å². The van der Waals surface area contributed by atoms with Gasteiger partial charge in [-0.25, -0.2) is 16.7 Å². The smallest absolute Gasteiger partial charge is 0.357 e. The van der Waals surface area contributed by atoms with E-state index < -0.39 is 0 Å². The summed E-state index contributed by atoms with van der Waals surface area (Å²) >= 11 is 1.61. The van der Waals surface area contributed by atoms with Gasteiger partial charge in [0.25, 0.3) is 5.56 Å². The van der Waals surface area contributed by atoms with Crippen molar-refractivity contribution in [3.05, 3.63) is 88.3 Å². The summed E-state index contributed by atoms with van der Waals surface area (Å²) in [5.74, 6) is 2.74. The Morgan fingerprint density at radius 2 is 2.11 bits per heavy atom. The van der Waals surface area contributed by atoms with Crippen LogP contribution < -0.4 is 69.1 Å². The number of hydrogen-bond donors (Lipinski definition) is 2. The fraction of sp³-hybridized carbons (Fsp3) is 0.231. The summed E-state index contributed by atoms with van der Waals surface area (Å²) in [5.41, 5.74) is 6.80. The minimum Gasteiger partial charge on any atom is -0.357 e. The fourth-order valence-corrected chi connectivity index (χ4v) is 4.79. The molecule has 35 heavy (non-hydrogen) atoms. The normalized spacial score (nSPS) is 12.4. The van der Waals surface area contributed by atoms with Crippen LogP contribution in [0.4, 0.5) is 0 Å². The van der Waals surface area contributed by atoms with Gasteiger partial charge in [0.05, 0.1) is 0 Å². The maximum absolute atomic E-state index is 12.9. The van der Waals surface area contributed by atoms with Crippen LogP contribution in [0.1, 0.15) is 23.2 Å². The van der Waals surface area contributed by atoms with Crippen LogP contribution in [-0.4, -0.2) is 32.3 Å². The number of thioether (sulfide) groups is 1. The number of nitrogens with one attached hydrogen (secondary N) is 2. The molecule has 175 valence electrons. The molecular weight excluding hydrogens is 702 g/mol.